The molecule has 24 heavy (non-hydrogen) atoms. The molecule has 0 spiro atoms. The SMILES string of the molecule is O=C(O)c1ccc(COC[Se]C2OC(CO)C(O)C(O)C2O)cc1. The number of benzene rings is 1. The van der Waals surface area contributed by atoms with Crippen molar-refractivity contribution < 1.29 is 39.8 Å². The van der Waals surface area contributed by atoms with Gasteiger partial charge in [-0.2, -0.15) is 0 Å². The molecule has 0 saturated carbocycles. The van der Waals surface area contributed by atoms with Crippen LogP contribution in [0.15, 0.2) is 24.3 Å². The summed E-state index contributed by atoms with van der Waals surface area (Å²) in [5.41, 5.74) is 1.30. The Balaban J connectivity index is 1.78. The van der Waals surface area contributed by atoms with E-state index in [1.807, 2.05) is 0 Å². The summed E-state index contributed by atoms with van der Waals surface area (Å²) in [5.74, 6) is -0.992. The number of ether oxygens (including phenoxy) is 2. The van der Waals surface area contributed by atoms with Crippen LogP contribution in [0.2, 0.25) is 0 Å². The number of hydrogen-bond donors (Lipinski definition) is 5. The molecule has 0 aromatic heterocycles. The van der Waals surface area contributed by atoms with Gasteiger partial charge in [-0.3, -0.25) is 0 Å². The predicted molar refractivity (Wildman–Crippen MR) is 82.6 cm³/mol. The van der Waals surface area contributed by atoms with Gasteiger partial charge in [-0.15, -0.1) is 0 Å². The van der Waals surface area contributed by atoms with Gasteiger partial charge >= 0.3 is 144 Å². The van der Waals surface area contributed by atoms with Crippen molar-refractivity contribution in [3.05, 3.63) is 35.4 Å². The molecule has 0 bridgehead atoms. The number of carboxylic acids is 1. The topological polar surface area (TPSA) is 137 Å². The maximum absolute atomic E-state index is 10.8. The normalized spacial score (nSPS) is 30.2. The molecular weight excluding hydrogens is 387 g/mol. The maximum atomic E-state index is 10.8. The number of hydrogen-bond acceptors (Lipinski definition) is 7. The summed E-state index contributed by atoms with van der Waals surface area (Å²) in [5, 5.41) is 46.6. The third kappa shape index (κ3) is 4.75. The average Bonchev–Trinajstić information content (AvgIpc) is 2.58. The average molecular weight is 407 g/mol. The van der Waals surface area contributed by atoms with Gasteiger partial charge in [-0.1, -0.05) is 0 Å². The van der Waals surface area contributed by atoms with Gasteiger partial charge in [-0.25, -0.2) is 0 Å². The van der Waals surface area contributed by atoms with Gasteiger partial charge in [0.25, 0.3) is 0 Å². The van der Waals surface area contributed by atoms with Crippen LogP contribution in [0.25, 0.3) is 0 Å². The Kier molecular flexibility index (Phi) is 7.15. The van der Waals surface area contributed by atoms with Gasteiger partial charge in [0.1, 0.15) is 0 Å². The molecule has 2 rings (SSSR count). The molecule has 0 aliphatic carbocycles. The Labute approximate surface area is 144 Å². The van der Waals surface area contributed by atoms with E-state index in [1.165, 1.54) is 12.1 Å². The molecule has 5 N–H and O–H groups in total. The zero-order valence-corrected chi connectivity index (χ0v) is 14.4. The van der Waals surface area contributed by atoms with Gasteiger partial charge in [-0.05, 0) is 0 Å². The Morgan fingerprint density at radius 3 is 2.38 bits per heavy atom. The quantitative estimate of drug-likeness (QED) is 0.268. The molecule has 1 aliphatic heterocycles. The van der Waals surface area contributed by atoms with E-state index < -0.39 is 42.0 Å². The summed E-state index contributed by atoms with van der Waals surface area (Å²) in [6.45, 7) is -0.173. The molecule has 134 valence electrons. The summed E-state index contributed by atoms with van der Waals surface area (Å²) in [6.07, 6.45) is -4.86. The van der Waals surface area contributed by atoms with E-state index in [4.69, 9.17) is 19.7 Å². The van der Waals surface area contributed by atoms with Crippen LogP contribution in [0.4, 0.5) is 0 Å². The predicted octanol–water partition coefficient (Wildman–Crippen LogP) is -1.64. The fourth-order valence-corrected chi connectivity index (χ4v) is 4.10. The standard InChI is InChI=1S/C15H20O8Se/c16-5-10-11(17)12(18)13(19)15(23-10)24-7-22-6-8-1-3-9(4-2-8)14(20)21/h1-4,10-13,15-19H,5-7H2,(H,20,21). The number of carbonyl (C=O) groups is 1. The van der Waals surface area contributed by atoms with E-state index in [2.05, 4.69) is 0 Å². The molecule has 1 aromatic rings. The molecule has 9 heteroatoms. The van der Waals surface area contributed by atoms with Crippen molar-refractivity contribution in [1.29, 1.82) is 0 Å². The van der Waals surface area contributed by atoms with Crippen molar-refractivity contribution >= 4 is 20.9 Å². The Morgan fingerprint density at radius 1 is 1.12 bits per heavy atom. The van der Waals surface area contributed by atoms with Gasteiger partial charge in [0.15, 0.2) is 0 Å². The number of aliphatic hydroxyl groups excluding tert-OH is 4. The summed E-state index contributed by atoms with van der Waals surface area (Å²) in [4.78, 5) is 10.8. The van der Waals surface area contributed by atoms with Gasteiger partial charge in [0.05, 0.1) is 0 Å². The first-order chi connectivity index (χ1) is 11.4. The van der Waals surface area contributed by atoms with Crippen LogP contribution in [0, 0.1) is 0 Å². The molecule has 1 fully saturated rings. The van der Waals surface area contributed by atoms with E-state index in [0.29, 0.717) is 0 Å². The Hall–Kier alpha value is -1.03. The van der Waals surface area contributed by atoms with E-state index in [0.717, 1.165) is 5.56 Å². The first-order valence-corrected chi connectivity index (χ1v) is 9.46. The van der Waals surface area contributed by atoms with Crippen LogP contribution in [0.1, 0.15) is 15.9 Å². The number of carboxylic acid groups (broad SMARTS) is 1. The molecule has 1 saturated heterocycles. The number of aromatic carboxylic acids is 1. The van der Waals surface area contributed by atoms with Crippen molar-refractivity contribution in [3.63, 3.8) is 0 Å². The van der Waals surface area contributed by atoms with E-state index in [1.54, 1.807) is 12.1 Å². The van der Waals surface area contributed by atoms with Crippen LogP contribution in [0.3, 0.4) is 0 Å². The number of aliphatic hydroxyl groups is 4. The first kappa shape index (κ1) is 19.3. The Morgan fingerprint density at radius 2 is 1.79 bits per heavy atom. The summed E-state index contributed by atoms with van der Waals surface area (Å²) >= 11 is -0.338. The number of rotatable bonds is 7. The van der Waals surface area contributed by atoms with Crippen LogP contribution in [0.5, 0.6) is 0 Å². The van der Waals surface area contributed by atoms with Gasteiger partial charge in [0, 0.05) is 0 Å². The minimum absolute atomic E-state index is 0.198. The van der Waals surface area contributed by atoms with Gasteiger partial charge < -0.3 is 0 Å². The molecular formula is C15H20O8Se. The van der Waals surface area contributed by atoms with E-state index in [-0.39, 0.29) is 32.6 Å². The third-order valence-electron chi connectivity index (χ3n) is 3.63. The van der Waals surface area contributed by atoms with Crippen molar-refractivity contribution in [2.45, 2.75) is 36.0 Å². The summed E-state index contributed by atoms with van der Waals surface area (Å²) < 4.78 is 10.9. The Bertz CT molecular complexity index is 535. The second kappa shape index (κ2) is 8.89. The monoisotopic (exact) mass is 408 g/mol. The molecule has 0 amide bonds. The minimum atomic E-state index is -1.37. The van der Waals surface area contributed by atoms with Crippen molar-refractivity contribution in [2.24, 2.45) is 0 Å². The van der Waals surface area contributed by atoms with Crippen LogP contribution < -0.4 is 0 Å². The van der Waals surface area contributed by atoms with Crippen LogP contribution in [-0.4, -0.2) is 88.0 Å². The van der Waals surface area contributed by atoms with Gasteiger partial charge in [0.2, 0.25) is 0 Å². The fourth-order valence-electron chi connectivity index (χ4n) is 2.22. The van der Waals surface area contributed by atoms with Crippen molar-refractivity contribution in [2.75, 3.05) is 12.1 Å². The second-order valence-corrected chi connectivity index (χ2v) is 7.50. The molecule has 1 aliphatic rings. The molecule has 8 nitrogen and oxygen atoms in total. The summed E-state index contributed by atoms with van der Waals surface area (Å²) in [6, 6.07) is 6.29. The molecule has 5 atom stereocenters. The van der Waals surface area contributed by atoms with Crippen molar-refractivity contribution in [3.8, 4) is 0 Å². The van der Waals surface area contributed by atoms with E-state index >= 15 is 0 Å². The van der Waals surface area contributed by atoms with E-state index in [9.17, 15) is 20.1 Å². The van der Waals surface area contributed by atoms with Crippen LogP contribution in [-0.2, 0) is 16.1 Å². The summed E-state index contributed by atoms with van der Waals surface area (Å²) in [7, 11) is 0. The molecule has 0 radical (unpaired) electrons. The zero-order chi connectivity index (χ0) is 17.7. The third-order valence-corrected chi connectivity index (χ3v) is 5.78. The van der Waals surface area contributed by atoms with Crippen molar-refractivity contribution in [1.82, 2.24) is 0 Å². The molecule has 5 unspecified atom stereocenters. The van der Waals surface area contributed by atoms with Crippen LogP contribution >= 0.6 is 0 Å². The fraction of sp³-hybridized carbons (Fsp3) is 0.533. The zero-order valence-electron chi connectivity index (χ0n) is 12.7. The second-order valence-electron chi connectivity index (χ2n) is 5.33. The first-order valence-electron chi connectivity index (χ1n) is 7.26. The molecule has 1 aromatic carbocycles. The molecule has 1 heterocycles.